The summed E-state index contributed by atoms with van der Waals surface area (Å²) in [5.41, 5.74) is 3.26. The number of allylic oxidation sites excluding steroid dienone is 3. The molecule has 0 heterocycles. The number of hydrogen-bond donors (Lipinski definition) is 0. The summed E-state index contributed by atoms with van der Waals surface area (Å²) >= 11 is 0. The Kier molecular flexibility index (Phi) is 3.81. The summed E-state index contributed by atoms with van der Waals surface area (Å²) in [5, 5.41) is 0. The molecule has 1 nitrogen and oxygen atoms in total. The second kappa shape index (κ2) is 5.34. The fourth-order valence-corrected chi connectivity index (χ4v) is 2.69. The van der Waals surface area contributed by atoms with Gasteiger partial charge in [0.1, 0.15) is 0 Å². The van der Waals surface area contributed by atoms with Crippen LogP contribution in [0.2, 0.25) is 0 Å². The third kappa shape index (κ3) is 2.61. The molecule has 1 heteroatoms. The van der Waals surface area contributed by atoms with E-state index in [1.807, 2.05) is 32.0 Å². The highest BCUT2D eigenvalue weighted by molar-refractivity contribution is 5.98. The first-order valence-electron chi connectivity index (χ1n) is 6.50. The van der Waals surface area contributed by atoms with Gasteiger partial charge in [-0.3, -0.25) is 4.79 Å². The Morgan fingerprint density at radius 3 is 2.61 bits per heavy atom. The predicted octanol–water partition coefficient (Wildman–Crippen LogP) is 3.96. The van der Waals surface area contributed by atoms with Gasteiger partial charge in [-0.1, -0.05) is 48.6 Å². The van der Waals surface area contributed by atoms with E-state index in [4.69, 9.17) is 0 Å². The lowest BCUT2D eigenvalue weighted by atomic mass is 9.73. The van der Waals surface area contributed by atoms with Crippen molar-refractivity contribution < 1.29 is 4.79 Å². The maximum absolute atomic E-state index is 12.3. The van der Waals surface area contributed by atoms with Gasteiger partial charge in [0.2, 0.25) is 0 Å². The molecule has 0 saturated heterocycles. The third-order valence-electron chi connectivity index (χ3n) is 3.82. The molecule has 0 aromatic heterocycles. The van der Waals surface area contributed by atoms with E-state index in [0.717, 1.165) is 24.0 Å². The van der Waals surface area contributed by atoms with Crippen LogP contribution in [0.4, 0.5) is 0 Å². The molecule has 1 aromatic rings. The van der Waals surface area contributed by atoms with Gasteiger partial charge < -0.3 is 0 Å². The van der Waals surface area contributed by atoms with Gasteiger partial charge in [0.05, 0.1) is 0 Å². The van der Waals surface area contributed by atoms with Crippen LogP contribution in [0.3, 0.4) is 0 Å². The monoisotopic (exact) mass is 240 g/mol. The van der Waals surface area contributed by atoms with E-state index in [9.17, 15) is 4.79 Å². The minimum absolute atomic E-state index is 0.0647. The number of ketones is 1. The average Bonchev–Trinajstić information content (AvgIpc) is 2.36. The van der Waals surface area contributed by atoms with E-state index in [2.05, 4.69) is 24.8 Å². The van der Waals surface area contributed by atoms with Crippen LogP contribution < -0.4 is 0 Å². The molecule has 1 aliphatic rings. The molecule has 0 saturated carbocycles. The lowest BCUT2D eigenvalue weighted by Crippen LogP contribution is -2.30. The first-order chi connectivity index (χ1) is 8.59. The fraction of sp³-hybridized carbons (Fsp3) is 0.353. The van der Waals surface area contributed by atoms with Crippen LogP contribution in [-0.4, -0.2) is 5.78 Å². The van der Waals surface area contributed by atoms with E-state index in [1.165, 1.54) is 5.56 Å². The van der Waals surface area contributed by atoms with Crippen molar-refractivity contribution in [2.24, 2.45) is 11.8 Å². The normalized spacial score (nSPS) is 23.7. The molecule has 0 unspecified atom stereocenters. The van der Waals surface area contributed by atoms with Crippen molar-refractivity contribution in [3.8, 4) is 0 Å². The summed E-state index contributed by atoms with van der Waals surface area (Å²) in [4.78, 5) is 12.3. The number of hydrogen-bond acceptors (Lipinski definition) is 1. The van der Waals surface area contributed by atoms with Crippen molar-refractivity contribution in [1.29, 1.82) is 0 Å². The van der Waals surface area contributed by atoms with Crippen LogP contribution in [0.1, 0.15) is 25.8 Å². The van der Waals surface area contributed by atoms with Crippen molar-refractivity contribution in [1.82, 2.24) is 0 Å². The summed E-state index contributed by atoms with van der Waals surface area (Å²) in [6.45, 7) is 8.01. The van der Waals surface area contributed by atoms with E-state index in [1.54, 1.807) is 0 Å². The standard InChI is InChI=1S/C17H20O/c1-12(2)15-10-9-13(3)17(18)16(15)11-14-7-5-4-6-8-14/h4-9,15-16H,1,10-11H2,2-3H3/t15-,16+/m1/s1. The average molecular weight is 240 g/mol. The molecule has 94 valence electrons. The molecule has 0 aliphatic heterocycles. The predicted molar refractivity (Wildman–Crippen MR) is 75.3 cm³/mol. The van der Waals surface area contributed by atoms with Crippen molar-refractivity contribution in [2.45, 2.75) is 26.7 Å². The summed E-state index contributed by atoms with van der Waals surface area (Å²) in [6.07, 6.45) is 3.83. The Morgan fingerprint density at radius 2 is 2.00 bits per heavy atom. The molecule has 0 spiro atoms. The highest BCUT2D eigenvalue weighted by Crippen LogP contribution is 2.33. The molecule has 0 fully saturated rings. The maximum atomic E-state index is 12.3. The number of carbonyl (C=O) groups excluding carboxylic acids is 1. The smallest absolute Gasteiger partial charge is 0.162 e. The third-order valence-corrected chi connectivity index (χ3v) is 3.82. The quantitative estimate of drug-likeness (QED) is 0.731. The SMILES string of the molecule is C=C(C)[C@H]1CC=C(C)C(=O)[C@H]1Cc1ccccc1. The number of carbonyl (C=O) groups is 1. The van der Waals surface area contributed by atoms with Crippen LogP contribution >= 0.6 is 0 Å². The lowest BCUT2D eigenvalue weighted by molar-refractivity contribution is -0.120. The van der Waals surface area contributed by atoms with Gasteiger partial charge in [0, 0.05) is 5.92 Å². The highest BCUT2D eigenvalue weighted by atomic mass is 16.1. The molecule has 0 bridgehead atoms. The van der Waals surface area contributed by atoms with Gasteiger partial charge >= 0.3 is 0 Å². The molecule has 2 atom stereocenters. The van der Waals surface area contributed by atoms with Gasteiger partial charge in [-0.05, 0) is 43.7 Å². The summed E-state index contributed by atoms with van der Waals surface area (Å²) in [7, 11) is 0. The van der Waals surface area contributed by atoms with Gasteiger partial charge in [-0.25, -0.2) is 0 Å². The minimum atomic E-state index is 0.0647. The first kappa shape index (κ1) is 12.8. The molecule has 0 N–H and O–H groups in total. The second-order valence-electron chi connectivity index (χ2n) is 5.24. The van der Waals surface area contributed by atoms with Gasteiger partial charge in [-0.2, -0.15) is 0 Å². The van der Waals surface area contributed by atoms with Gasteiger partial charge in [0.15, 0.2) is 5.78 Å². The van der Waals surface area contributed by atoms with Crippen LogP contribution in [0.15, 0.2) is 54.1 Å². The molecular formula is C17H20O. The molecule has 1 aliphatic carbocycles. The van der Waals surface area contributed by atoms with Crippen LogP contribution in [-0.2, 0) is 11.2 Å². The second-order valence-corrected chi connectivity index (χ2v) is 5.24. The topological polar surface area (TPSA) is 17.1 Å². The number of rotatable bonds is 3. The minimum Gasteiger partial charge on any atom is -0.294 e. The molecule has 18 heavy (non-hydrogen) atoms. The Morgan fingerprint density at radius 1 is 1.33 bits per heavy atom. The molecule has 1 aromatic carbocycles. The fourth-order valence-electron chi connectivity index (χ4n) is 2.69. The van der Waals surface area contributed by atoms with Crippen molar-refractivity contribution in [2.75, 3.05) is 0 Å². The highest BCUT2D eigenvalue weighted by Gasteiger charge is 2.32. The van der Waals surface area contributed by atoms with Crippen LogP contribution in [0, 0.1) is 11.8 Å². The summed E-state index contributed by atoms with van der Waals surface area (Å²) in [5.74, 6) is 0.648. The van der Waals surface area contributed by atoms with E-state index >= 15 is 0 Å². The maximum Gasteiger partial charge on any atom is 0.162 e. The Bertz CT molecular complexity index is 482. The Labute approximate surface area is 109 Å². The zero-order valence-electron chi connectivity index (χ0n) is 11.1. The molecular weight excluding hydrogens is 220 g/mol. The van der Waals surface area contributed by atoms with Crippen molar-refractivity contribution in [3.05, 3.63) is 59.7 Å². The lowest BCUT2D eigenvalue weighted by Gasteiger charge is -2.30. The summed E-state index contributed by atoms with van der Waals surface area (Å²) < 4.78 is 0. The largest absolute Gasteiger partial charge is 0.294 e. The van der Waals surface area contributed by atoms with Gasteiger partial charge in [0.25, 0.3) is 0 Å². The molecule has 2 rings (SSSR count). The van der Waals surface area contributed by atoms with E-state index < -0.39 is 0 Å². The van der Waals surface area contributed by atoms with E-state index in [-0.39, 0.29) is 11.7 Å². The van der Waals surface area contributed by atoms with Crippen molar-refractivity contribution >= 4 is 5.78 Å². The Hall–Kier alpha value is -1.63. The Balaban J connectivity index is 2.24. The zero-order valence-corrected chi connectivity index (χ0v) is 11.1. The molecule has 0 radical (unpaired) electrons. The van der Waals surface area contributed by atoms with Crippen LogP contribution in [0.25, 0.3) is 0 Å². The van der Waals surface area contributed by atoms with Gasteiger partial charge in [-0.15, -0.1) is 0 Å². The number of benzene rings is 1. The first-order valence-corrected chi connectivity index (χ1v) is 6.50. The molecule has 0 amide bonds. The van der Waals surface area contributed by atoms with Crippen LogP contribution in [0.5, 0.6) is 0 Å². The summed E-state index contributed by atoms with van der Waals surface area (Å²) in [6, 6.07) is 10.3. The van der Waals surface area contributed by atoms with Crippen molar-refractivity contribution in [3.63, 3.8) is 0 Å². The number of Topliss-reactive ketones (excluding diaryl/α,β-unsaturated/α-hetero) is 1. The van der Waals surface area contributed by atoms with E-state index in [0.29, 0.717) is 5.92 Å². The zero-order chi connectivity index (χ0) is 13.1.